The molecule has 0 aliphatic rings. The van der Waals surface area contributed by atoms with E-state index in [9.17, 15) is 24.6 Å². The van der Waals surface area contributed by atoms with Crippen LogP contribution in [0.25, 0.3) is 0 Å². The number of aliphatic carboxylic acids is 2. The van der Waals surface area contributed by atoms with Gasteiger partial charge in [0.1, 0.15) is 0 Å². The molecule has 0 aromatic carbocycles. The maximum Gasteiger partial charge on any atom is 2.00 e. The van der Waals surface area contributed by atoms with Gasteiger partial charge in [-0.25, -0.2) is 4.79 Å². The van der Waals surface area contributed by atoms with Crippen molar-refractivity contribution < 1.29 is 24.2 Å². The summed E-state index contributed by atoms with van der Waals surface area (Å²) >= 11 is 0. The van der Waals surface area contributed by atoms with Crippen LogP contribution in [-0.4, -0.2) is 35.0 Å². The van der Waals surface area contributed by atoms with Gasteiger partial charge in [0.15, 0.2) is 0 Å². The van der Waals surface area contributed by atoms with E-state index in [4.69, 9.17) is 0 Å². The molecule has 1 heterocycles. The Morgan fingerprint density at radius 1 is 0.458 bits per heavy atom. The first-order valence-corrected chi connectivity index (χ1v) is 19.9. The normalized spacial score (nSPS) is 10.3. The zero-order chi connectivity index (χ0) is 34.9. The van der Waals surface area contributed by atoms with Crippen LogP contribution in [0.3, 0.4) is 0 Å². The molecule has 0 amide bonds. The minimum atomic E-state index is -0.903. The number of unbranched alkanes of at least 4 members (excludes halogenated alkanes) is 28. The minimum Gasteiger partial charge on any atom is -0.550 e. The van der Waals surface area contributed by atoms with E-state index < -0.39 is 11.9 Å². The molecule has 276 valence electrons. The molecule has 1 rings (SSSR count). The van der Waals surface area contributed by atoms with Crippen molar-refractivity contribution >= 4 is 35.0 Å². The number of carboxylic acid groups (broad SMARTS) is 2. The van der Waals surface area contributed by atoms with Gasteiger partial charge in [0.25, 0.3) is 0 Å². The average Bonchev–Trinajstić information content (AvgIpc) is 3.05. The third kappa shape index (κ3) is 51.5. The minimum absolute atomic E-state index is 0. The zero-order valence-electron chi connectivity index (χ0n) is 31.6. The number of hydrogen-bond acceptors (Lipinski definition) is 6. The monoisotopic (exact) mass is 687 g/mol. The van der Waals surface area contributed by atoms with E-state index in [1.54, 1.807) is 12.1 Å². The molecule has 0 saturated heterocycles. The van der Waals surface area contributed by atoms with Crippen molar-refractivity contribution in [3.8, 4) is 0 Å². The van der Waals surface area contributed by atoms with Crippen molar-refractivity contribution in [1.82, 2.24) is 0 Å². The molecule has 0 N–H and O–H groups in total. The van der Waals surface area contributed by atoms with E-state index in [2.05, 4.69) is 18.3 Å². The maximum atomic E-state index is 10.2. The first kappa shape index (κ1) is 51.0. The van der Waals surface area contributed by atoms with E-state index in [1.165, 1.54) is 179 Å². The van der Waals surface area contributed by atoms with Crippen LogP contribution in [0.2, 0.25) is 0 Å². The number of carboxylic acids is 2. The van der Waals surface area contributed by atoms with Gasteiger partial charge in [-0.3, -0.25) is 0 Å². The molecule has 0 saturated carbocycles. The molecule has 7 heteroatoms. The second-order valence-corrected chi connectivity index (χ2v) is 13.3. The number of carbonyl (C=O) groups excluding carboxylic acids is 2. The van der Waals surface area contributed by atoms with Crippen LogP contribution in [0.1, 0.15) is 219 Å². The number of carbonyl (C=O) groups is 2. The smallest absolute Gasteiger partial charge is 0.550 e. The van der Waals surface area contributed by atoms with Gasteiger partial charge in [0.2, 0.25) is 0 Å². The van der Waals surface area contributed by atoms with Gasteiger partial charge in [0, 0.05) is 18.0 Å². The molecule has 0 radical (unpaired) electrons. The molecule has 0 aliphatic carbocycles. The van der Waals surface area contributed by atoms with Crippen LogP contribution in [0.15, 0.2) is 33.7 Å². The van der Waals surface area contributed by atoms with Crippen molar-refractivity contribution in [1.29, 1.82) is 0 Å². The fourth-order valence-electron chi connectivity index (χ4n) is 5.61. The zero-order valence-corrected chi connectivity index (χ0v) is 33.0. The van der Waals surface area contributed by atoms with Gasteiger partial charge in [-0.2, -0.15) is 0 Å². The van der Waals surface area contributed by atoms with E-state index in [1.807, 2.05) is 0 Å². The summed E-state index contributed by atoms with van der Waals surface area (Å²) < 4.78 is 4.37. The summed E-state index contributed by atoms with van der Waals surface area (Å²) in [5.41, 5.74) is -0.303. The average molecular weight is 687 g/mol. The number of rotatable bonds is 32. The van der Waals surface area contributed by atoms with Crippen molar-refractivity contribution in [2.75, 3.05) is 0 Å². The summed E-state index contributed by atoms with van der Waals surface area (Å²) in [6, 6.07) is 4.65. The SMILES string of the molecule is CCCCCCCCCCCCCCCCCC(=O)[O-].CCCCCCCCCCCCCCCCCC(=O)[O-].O=c1cccco1.[Mg+2]. The first-order chi connectivity index (χ1) is 22.9. The van der Waals surface area contributed by atoms with E-state index >= 15 is 0 Å². The standard InChI is InChI=1S/2C18H36O2.C5H4O2.Mg/c2*1-2-3-4-5-6-7-8-9-10-11-12-13-14-15-16-17-18(19)20;6-5-3-1-2-4-7-5;/h2*2-17H2,1H3,(H,19,20);1-4H;/q;;;+2/p-2. The topological polar surface area (TPSA) is 110 Å². The summed E-state index contributed by atoms with van der Waals surface area (Å²) in [6.07, 6.45) is 41.1. The fraction of sp³-hybridized carbons (Fsp3) is 0.829. The fourth-order valence-corrected chi connectivity index (χ4v) is 5.61. The van der Waals surface area contributed by atoms with Gasteiger partial charge >= 0.3 is 28.7 Å². The van der Waals surface area contributed by atoms with Gasteiger partial charge in [-0.1, -0.05) is 200 Å². The molecule has 0 unspecified atom stereocenters. The molecule has 1 aromatic rings. The van der Waals surface area contributed by atoms with E-state index in [0.29, 0.717) is 0 Å². The maximum absolute atomic E-state index is 10.2. The Labute approximate surface area is 312 Å². The second kappa shape index (κ2) is 45.7. The summed E-state index contributed by atoms with van der Waals surface area (Å²) in [5, 5.41) is 20.4. The summed E-state index contributed by atoms with van der Waals surface area (Å²) in [6.45, 7) is 4.53. The Morgan fingerprint density at radius 2 is 0.708 bits per heavy atom. The second-order valence-electron chi connectivity index (χ2n) is 13.3. The summed E-state index contributed by atoms with van der Waals surface area (Å²) in [5.74, 6) is -1.81. The van der Waals surface area contributed by atoms with Gasteiger partial charge in [-0.05, 0) is 31.7 Å². The molecule has 0 atom stereocenters. The largest absolute Gasteiger partial charge is 2.00 e. The molecule has 1 aromatic heterocycles. The third-order valence-electron chi connectivity index (χ3n) is 8.58. The summed E-state index contributed by atoms with van der Waals surface area (Å²) in [4.78, 5) is 30.5. The molecule has 0 fully saturated rings. The first-order valence-electron chi connectivity index (χ1n) is 19.9. The van der Waals surface area contributed by atoms with Gasteiger partial charge in [0.05, 0.1) is 6.26 Å². The van der Waals surface area contributed by atoms with Crippen LogP contribution in [0.4, 0.5) is 0 Å². The third-order valence-corrected chi connectivity index (χ3v) is 8.58. The van der Waals surface area contributed by atoms with Crippen molar-refractivity contribution in [2.45, 2.75) is 219 Å². The Balaban J connectivity index is -0.000000688. The van der Waals surface area contributed by atoms with Crippen LogP contribution in [0.5, 0.6) is 0 Å². The van der Waals surface area contributed by atoms with Crippen molar-refractivity contribution in [2.24, 2.45) is 0 Å². The molecule has 0 spiro atoms. The van der Waals surface area contributed by atoms with Crippen molar-refractivity contribution in [3.05, 3.63) is 34.9 Å². The Hall–Kier alpha value is -1.34. The van der Waals surface area contributed by atoms with Crippen LogP contribution >= 0.6 is 0 Å². The van der Waals surface area contributed by atoms with E-state index in [-0.39, 0.29) is 41.5 Å². The summed E-state index contributed by atoms with van der Waals surface area (Å²) in [7, 11) is 0. The van der Waals surface area contributed by atoms with Crippen molar-refractivity contribution in [3.63, 3.8) is 0 Å². The quantitative estimate of drug-likeness (QED) is 0.0551. The number of hydrogen-bond donors (Lipinski definition) is 0. The van der Waals surface area contributed by atoms with Gasteiger partial charge < -0.3 is 24.2 Å². The molecule has 6 nitrogen and oxygen atoms in total. The molecule has 48 heavy (non-hydrogen) atoms. The van der Waals surface area contributed by atoms with E-state index in [0.717, 1.165) is 25.7 Å². The Morgan fingerprint density at radius 3 is 0.875 bits per heavy atom. The van der Waals surface area contributed by atoms with Gasteiger partial charge in [-0.15, -0.1) is 0 Å². The predicted molar refractivity (Wildman–Crippen MR) is 200 cm³/mol. The molecular weight excluding hydrogens is 613 g/mol. The van der Waals surface area contributed by atoms with Crippen LogP contribution < -0.4 is 15.8 Å². The molecule has 0 bridgehead atoms. The predicted octanol–water partition coefficient (Wildman–Crippen LogP) is 10.3. The molecular formula is C41H74MgO6. The van der Waals surface area contributed by atoms with Crippen LogP contribution in [-0.2, 0) is 9.59 Å². The molecule has 0 aliphatic heterocycles. The Kier molecular flexibility index (Phi) is 48.5. The van der Waals surface area contributed by atoms with Crippen LogP contribution in [0, 0.1) is 0 Å². The Bertz CT molecular complexity index is 751.